The second kappa shape index (κ2) is 7.11. The lowest BCUT2D eigenvalue weighted by Gasteiger charge is -2.32. The molecule has 130 valence electrons. The van der Waals surface area contributed by atoms with Crippen molar-refractivity contribution in [1.82, 2.24) is 5.32 Å². The quantitative estimate of drug-likeness (QED) is 0.741. The average Bonchev–Trinajstić information content (AvgIpc) is 2.57. The molecule has 4 N–H and O–H groups in total. The van der Waals surface area contributed by atoms with E-state index in [0.29, 0.717) is 16.9 Å². The molecule has 1 saturated heterocycles. The zero-order valence-electron chi connectivity index (χ0n) is 14.8. The highest BCUT2D eigenvalue weighted by atomic mass is 16.1. The lowest BCUT2D eigenvalue weighted by atomic mass is 9.88. The van der Waals surface area contributed by atoms with Crippen LogP contribution in [-0.4, -0.2) is 18.0 Å². The summed E-state index contributed by atoms with van der Waals surface area (Å²) in [6.45, 7) is 5.46. The standard InChI is InChI=1S/C21H25N3O/c1-21(2)14-16(11-12-23-21)13-15-7-9-17(10-8-15)20(25)24-19-6-4-3-5-18(19)22/h3-10,13,23H,11-12,14,22H2,1-2H3,(H,24,25). The van der Waals surface area contributed by atoms with Crippen molar-refractivity contribution in [3.63, 3.8) is 0 Å². The Morgan fingerprint density at radius 2 is 1.88 bits per heavy atom. The van der Waals surface area contributed by atoms with Crippen LogP contribution in [0.4, 0.5) is 11.4 Å². The van der Waals surface area contributed by atoms with E-state index < -0.39 is 0 Å². The summed E-state index contributed by atoms with van der Waals surface area (Å²) in [5, 5.41) is 6.37. The molecule has 1 fully saturated rings. The highest BCUT2D eigenvalue weighted by Gasteiger charge is 2.22. The Morgan fingerprint density at radius 1 is 1.16 bits per heavy atom. The number of piperidine rings is 1. The summed E-state index contributed by atoms with van der Waals surface area (Å²) < 4.78 is 0. The second-order valence-corrected chi connectivity index (χ2v) is 7.20. The van der Waals surface area contributed by atoms with Gasteiger partial charge in [-0.15, -0.1) is 0 Å². The van der Waals surface area contributed by atoms with Gasteiger partial charge in [-0.1, -0.05) is 35.9 Å². The fraction of sp³-hybridized carbons (Fsp3) is 0.286. The average molecular weight is 335 g/mol. The van der Waals surface area contributed by atoms with Gasteiger partial charge >= 0.3 is 0 Å². The van der Waals surface area contributed by atoms with E-state index in [1.54, 1.807) is 12.1 Å². The summed E-state index contributed by atoms with van der Waals surface area (Å²) >= 11 is 0. The van der Waals surface area contributed by atoms with Gasteiger partial charge < -0.3 is 16.4 Å². The van der Waals surface area contributed by atoms with Gasteiger partial charge in [-0.3, -0.25) is 4.79 Å². The summed E-state index contributed by atoms with van der Waals surface area (Å²) in [5.74, 6) is -0.153. The number of para-hydroxylation sites is 2. The second-order valence-electron chi connectivity index (χ2n) is 7.20. The van der Waals surface area contributed by atoms with Crippen LogP contribution in [0, 0.1) is 0 Å². The third-order valence-electron chi connectivity index (χ3n) is 4.47. The largest absolute Gasteiger partial charge is 0.397 e. The van der Waals surface area contributed by atoms with Crippen molar-refractivity contribution in [3.05, 3.63) is 65.2 Å². The molecule has 3 rings (SSSR count). The van der Waals surface area contributed by atoms with Gasteiger partial charge in [-0.05, 0) is 63.1 Å². The highest BCUT2D eigenvalue weighted by molar-refractivity contribution is 6.05. The van der Waals surface area contributed by atoms with Crippen LogP contribution < -0.4 is 16.4 Å². The normalized spacial score (nSPS) is 18.1. The Labute approximate surface area is 149 Å². The molecule has 1 aliphatic rings. The number of hydrogen-bond acceptors (Lipinski definition) is 3. The maximum Gasteiger partial charge on any atom is 0.255 e. The highest BCUT2D eigenvalue weighted by Crippen LogP contribution is 2.25. The number of nitrogens with two attached hydrogens (primary N) is 1. The van der Waals surface area contributed by atoms with Gasteiger partial charge in [0.05, 0.1) is 11.4 Å². The molecule has 0 aromatic heterocycles. The van der Waals surface area contributed by atoms with Crippen molar-refractivity contribution in [3.8, 4) is 0 Å². The van der Waals surface area contributed by atoms with Crippen LogP contribution in [-0.2, 0) is 0 Å². The molecule has 0 spiro atoms. The van der Waals surface area contributed by atoms with Crippen LogP contribution in [0.5, 0.6) is 0 Å². The smallest absolute Gasteiger partial charge is 0.255 e. The molecule has 1 aliphatic heterocycles. The molecule has 0 saturated carbocycles. The molecule has 1 heterocycles. The number of rotatable bonds is 3. The molecule has 4 nitrogen and oxygen atoms in total. The third-order valence-corrected chi connectivity index (χ3v) is 4.47. The molecule has 25 heavy (non-hydrogen) atoms. The predicted octanol–water partition coefficient (Wildman–Crippen LogP) is 4.07. The van der Waals surface area contributed by atoms with Crippen LogP contribution >= 0.6 is 0 Å². The van der Waals surface area contributed by atoms with Crippen LogP contribution in [0.1, 0.15) is 42.6 Å². The summed E-state index contributed by atoms with van der Waals surface area (Å²) in [6.07, 6.45) is 4.35. The number of hydrogen-bond donors (Lipinski definition) is 3. The first-order chi connectivity index (χ1) is 11.9. The summed E-state index contributed by atoms with van der Waals surface area (Å²) in [4.78, 5) is 12.4. The topological polar surface area (TPSA) is 67.2 Å². The van der Waals surface area contributed by atoms with Crippen LogP contribution in [0.3, 0.4) is 0 Å². The Morgan fingerprint density at radius 3 is 2.56 bits per heavy atom. The predicted molar refractivity (Wildman–Crippen MR) is 105 cm³/mol. The number of anilines is 2. The Bertz CT molecular complexity index is 791. The minimum atomic E-state index is -0.153. The SMILES string of the molecule is CC1(C)CC(=Cc2ccc(C(=O)Nc3ccccc3N)cc2)CCN1. The number of nitrogens with one attached hydrogen (secondary N) is 2. The van der Waals surface area contributed by atoms with Crippen molar-refractivity contribution in [2.24, 2.45) is 0 Å². The summed E-state index contributed by atoms with van der Waals surface area (Å²) in [6, 6.07) is 14.9. The van der Waals surface area contributed by atoms with Crippen LogP contribution in [0.25, 0.3) is 6.08 Å². The van der Waals surface area contributed by atoms with Crippen LogP contribution in [0.2, 0.25) is 0 Å². The van der Waals surface area contributed by atoms with E-state index in [0.717, 1.165) is 24.9 Å². The number of nitrogen functional groups attached to an aromatic ring is 1. The fourth-order valence-corrected chi connectivity index (χ4v) is 3.17. The van der Waals surface area contributed by atoms with Crippen molar-refractivity contribution < 1.29 is 4.79 Å². The lowest BCUT2D eigenvalue weighted by molar-refractivity contribution is 0.102. The summed E-state index contributed by atoms with van der Waals surface area (Å²) in [5.41, 5.74) is 10.4. The molecular formula is C21H25N3O. The number of carbonyl (C=O) groups excluding carboxylic acids is 1. The number of carbonyl (C=O) groups is 1. The molecule has 0 aliphatic carbocycles. The first kappa shape index (κ1) is 17.2. The molecule has 1 amide bonds. The van der Waals surface area contributed by atoms with Gasteiger partial charge in [0.25, 0.3) is 5.91 Å². The molecule has 0 bridgehead atoms. The van der Waals surface area contributed by atoms with Crippen LogP contribution in [0.15, 0.2) is 54.1 Å². The Hall–Kier alpha value is -2.59. The van der Waals surface area contributed by atoms with Gasteiger partial charge in [-0.25, -0.2) is 0 Å². The van der Waals surface area contributed by atoms with Crippen molar-refractivity contribution in [2.75, 3.05) is 17.6 Å². The van der Waals surface area contributed by atoms with Gasteiger partial charge in [0.15, 0.2) is 0 Å². The molecule has 0 unspecified atom stereocenters. The molecule has 2 aromatic rings. The maximum atomic E-state index is 12.4. The molecule has 2 aromatic carbocycles. The third kappa shape index (κ3) is 4.48. The lowest BCUT2D eigenvalue weighted by Crippen LogP contribution is -2.43. The zero-order chi connectivity index (χ0) is 17.9. The van der Waals surface area contributed by atoms with E-state index in [9.17, 15) is 4.79 Å². The number of benzene rings is 2. The Balaban J connectivity index is 1.70. The zero-order valence-corrected chi connectivity index (χ0v) is 14.8. The van der Waals surface area contributed by atoms with E-state index in [1.807, 2.05) is 36.4 Å². The minimum absolute atomic E-state index is 0.152. The van der Waals surface area contributed by atoms with Gasteiger partial charge in [0.1, 0.15) is 0 Å². The number of amides is 1. The van der Waals surface area contributed by atoms with E-state index in [4.69, 9.17) is 5.73 Å². The van der Waals surface area contributed by atoms with Crippen molar-refractivity contribution in [2.45, 2.75) is 32.2 Å². The van der Waals surface area contributed by atoms with Crippen molar-refractivity contribution in [1.29, 1.82) is 0 Å². The van der Waals surface area contributed by atoms with E-state index in [-0.39, 0.29) is 11.4 Å². The minimum Gasteiger partial charge on any atom is -0.397 e. The first-order valence-corrected chi connectivity index (χ1v) is 8.63. The van der Waals surface area contributed by atoms with E-state index in [1.165, 1.54) is 5.57 Å². The monoisotopic (exact) mass is 335 g/mol. The maximum absolute atomic E-state index is 12.4. The summed E-state index contributed by atoms with van der Waals surface area (Å²) in [7, 11) is 0. The molecule has 0 atom stereocenters. The molecular weight excluding hydrogens is 310 g/mol. The van der Waals surface area contributed by atoms with Gasteiger partial charge in [-0.2, -0.15) is 0 Å². The van der Waals surface area contributed by atoms with Gasteiger partial charge in [0, 0.05) is 11.1 Å². The van der Waals surface area contributed by atoms with Gasteiger partial charge in [0.2, 0.25) is 0 Å². The molecule has 0 radical (unpaired) electrons. The first-order valence-electron chi connectivity index (χ1n) is 8.63. The molecule has 4 heteroatoms. The van der Waals surface area contributed by atoms with E-state index >= 15 is 0 Å². The van der Waals surface area contributed by atoms with E-state index in [2.05, 4.69) is 30.6 Å². The van der Waals surface area contributed by atoms with Crippen molar-refractivity contribution >= 4 is 23.4 Å². The fourth-order valence-electron chi connectivity index (χ4n) is 3.17. The Kier molecular flexibility index (Phi) is 4.91.